The summed E-state index contributed by atoms with van der Waals surface area (Å²) in [4.78, 5) is 0. The summed E-state index contributed by atoms with van der Waals surface area (Å²) in [6.45, 7) is 0. The van der Waals surface area contributed by atoms with Gasteiger partial charge in [0, 0.05) is 10.7 Å². The van der Waals surface area contributed by atoms with Crippen molar-refractivity contribution >= 4 is 31.9 Å². The van der Waals surface area contributed by atoms with E-state index in [1.54, 1.807) is 0 Å². The van der Waals surface area contributed by atoms with E-state index >= 15 is 0 Å². The molecule has 2 heteroatoms. The zero-order valence-corrected chi connectivity index (χ0v) is 5.79. The Morgan fingerprint density at radius 2 is 1.60 bits per heavy atom. The van der Waals surface area contributed by atoms with Gasteiger partial charge in [0.15, 0.2) is 0 Å². The third-order valence-electron chi connectivity index (χ3n) is 0.178. The third-order valence-corrected chi connectivity index (χ3v) is 0.926. The molecule has 0 fully saturated rings. The van der Waals surface area contributed by atoms with Crippen molar-refractivity contribution in [2.45, 2.75) is 6.42 Å². The van der Waals surface area contributed by atoms with E-state index in [4.69, 9.17) is 0 Å². The second-order valence-corrected chi connectivity index (χ2v) is 1.84. The molecular weight excluding hydrogens is 196 g/mol. The summed E-state index contributed by atoms with van der Waals surface area (Å²) in [7, 11) is 0. The topological polar surface area (TPSA) is 0 Å². The molecule has 0 heterocycles. The number of rotatable bonds is 2. The van der Waals surface area contributed by atoms with Crippen molar-refractivity contribution in [2.24, 2.45) is 0 Å². The highest BCUT2D eigenvalue weighted by Crippen LogP contribution is 2.01. The lowest BCUT2D eigenvalue weighted by Gasteiger charge is -1.74. The van der Waals surface area contributed by atoms with E-state index in [1.165, 1.54) is 0 Å². The van der Waals surface area contributed by atoms with E-state index < -0.39 is 0 Å². The van der Waals surface area contributed by atoms with Gasteiger partial charge in [-0.1, -0.05) is 31.9 Å². The standard InChI is InChI=1S/C3H4Br2/c4-2-1-3-5/h2-3H,1H2. The first-order valence-electron chi connectivity index (χ1n) is 1.25. The van der Waals surface area contributed by atoms with Crippen LogP contribution in [0.15, 0.2) is 0 Å². The predicted octanol–water partition coefficient (Wildman–Crippen LogP) is 2.49. The lowest BCUT2D eigenvalue weighted by atomic mass is 10.6. The zero-order chi connectivity index (χ0) is 4.12. The number of hydrogen-bond acceptors (Lipinski definition) is 0. The molecule has 0 atom stereocenters. The van der Waals surface area contributed by atoms with Crippen LogP contribution in [0.4, 0.5) is 0 Å². The minimum atomic E-state index is 0.972. The average Bonchev–Trinajstić information content (AvgIpc) is 1.41. The Labute approximate surface area is 49.2 Å². The Morgan fingerprint density at radius 3 is 1.60 bits per heavy atom. The van der Waals surface area contributed by atoms with Gasteiger partial charge in [-0.25, -0.2) is 0 Å². The smallest absolute Gasteiger partial charge is 0.0282 e. The molecule has 0 rings (SSSR count). The average molecular weight is 200 g/mol. The highest BCUT2D eigenvalue weighted by Gasteiger charge is 1.73. The Morgan fingerprint density at radius 1 is 1.20 bits per heavy atom. The van der Waals surface area contributed by atoms with Gasteiger partial charge in [-0.3, -0.25) is 0 Å². The first-order chi connectivity index (χ1) is 2.41. The number of hydrogen-bond donors (Lipinski definition) is 0. The summed E-state index contributed by atoms with van der Waals surface area (Å²) in [5.41, 5.74) is 0. The Kier molecular flexibility index (Phi) is 5.91. The molecule has 0 aromatic rings. The van der Waals surface area contributed by atoms with Gasteiger partial charge in [0.05, 0.1) is 0 Å². The predicted molar refractivity (Wildman–Crippen MR) is 31.1 cm³/mol. The first kappa shape index (κ1) is 5.96. The molecule has 30 valence electrons. The van der Waals surface area contributed by atoms with Gasteiger partial charge in [0.25, 0.3) is 0 Å². The van der Waals surface area contributed by atoms with Crippen LogP contribution in [0.3, 0.4) is 0 Å². The minimum absolute atomic E-state index is 0.972. The van der Waals surface area contributed by atoms with Gasteiger partial charge >= 0.3 is 0 Å². The second kappa shape index (κ2) is 4.96. The molecule has 0 N–H and O–H groups in total. The maximum Gasteiger partial charge on any atom is 0.0282 e. The summed E-state index contributed by atoms with van der Waals surface area (Å²) in [6.07, 6.45) is 0.972. The van der Waals surface area contributed by atoms with E-state index in [1.807, 2.05) is 10.7 Å². The fourth-order valence-corrected chi connectivity index (χ4v) is 0.909. The fraction of sp³-hybridized carbons (Fsp3) is 0.333. The van der Waals surface area contributed by atoms with Gasteiger partial charge < -0.3 is 0 Å². The molecule has 0 amide bonds. The van der Waals surface area contributed by atoms with E-state index in [9.17, 15) is 0 Å². The summed E-state index contributed by atoms with van der Waals surface area (Å²) in [6, 6.07) is 0. The summed E-state index contributed by atoms with van der Waals surface area (Å²) in [5, 5.41) is 3.78. The van der Waals surface area contributed by atoms with Crippen molar-refractivity contribution in [3.05, 3.63) is 10.7 Å². The van der Waals surface area contributed by atoms with Gasteiger partial charge in [0.1, 0.15) is 0 Å². The summed E-state index contributed by atoms with van der Waals surface area (Å²) < 4.78 is 0. The lowest BCUT2D eigenvalue weighted by molar-refractivity contribution is 1.36. The monoisotopic (exact) mass is 198 g/mol. The second-order valence-electron chi connectivity index (χ2n) is 0.544. The molecule has 0 saturated carbocycles. The largest absolute Gasteiger partial charge is 0.0878 e. The van der Waals surface area contributed by atoms with Crippen molar-refractivity contribution in [3.8, 4) is 0 Å². The quantitative estimate of drug-likeness (QED) is 0.642. The van der Waals surface area contributed by atoms with Crippen LogP contribution < -0.4 is 0 Å². The van der Waals surface area contributed by atoms with Crippen LogP contribution in [0.5, 0.6) is 0 Å². The van der Waals surface area contributed by atoms with Crippen LogP contribution in [-0.2, 0) is 0 Å². The minimum Gasteiger partial charge on any atom is -0.0878 e. The lowest BCUT2D eigenvalue weighted by Crippen LogP contribution is -1.53. The molecule has 0 aromatic heterocycles. The van der Waals surface area contributed by atoms with Crippen molar-refractivity contribution in [1.82, 2.24) is 0 Å². The maximum atomic E-state index is 3.12. The van der Waals surface area contributed by atoms with Gasteiger partial charge in [-0.05, 0) is 6.42 Å². The molecule has 5 heavy (non-hydrogen) atoms. The first-order valence-corrected chi connectivity index (χ1v) is 3.08. The Balaban J connectivity index is 2.19. The van der Waals surface area contributed by atoms with Gasteiger partial charge in [0.2, 0.25) is 0 Å². The molecule has 0 saturated heterocycles. The molecule has 0 unspecified atom stereocenters. The molecule has 0 aliphatic rings. The van der Waals surface area contributed by atoms with Crippen molar-refractivity contribution < 1.29 is 0 Å². The molecule has 2 radical (unpaired) electrons. The number of halogens is 2. The fourth-order valence-electron chi connectivity index (χ4n) is 0.0337. The van der Waals surface area contributed by atoms with Crippen LogP contribution in [0.25, 0.3) is 0 Å². The maximum absolute atomic E-state index is 3.12. The van der Waals surface area contributed by atoms with Gasteiger partial charge in [-0.15, -0.1) is 0 Å². The Bertz CT molecular complexity index is 12.4. The normalized spacial score (nSPS) is 8.40. The van der Waals surface area contributed by atoms with E-state index in [2.05, 4.69) is 31.9 Å². The van der Waals surface area contributed by atoms with E-state index in [0.717, 1.165) is 6.42 Å². The van der Waals surface area contributed by atoms with Crippen molar-refractivity contribution in [1.29, 1.82) is 0 Å². The van der Waals surface area contributed by atoms with Gasteiger partial charge in [-0.2, -0.15) is 0 Å². The Hall–Kier alpha value is 0.960. The van der Waals surface area contributed by atoms with Crippen LogP contribution in [0, 0.1) is 10.7 Å². The summed E-state index contributed by atoms with van der Waals surface area (Å²) >= 11 is 6.25. The van der Waals surface area contributed by atoms with Crippen LogP contribution in [-0.4, -0.2) is 0 Å². The highest BCUT2D eigenvalue weighted by molar-refractivity contribution is 9.11. The molecule has 0 nitrogen and oxygen atoms in total. The van der Waals surface area contributed by atoms with Crippen molar-refractivity contribution in [3.63, 3.8) is 0 Å². The SMILES string of the molecule is Br[CH]C[CH]Br. The van der Waals surface area contributed by atoms with Crippen LogP contribution >= 0.6 is 31.9 Å². The molecule has 0 spiro atoms. The summed E-state index contributed by atoms with van der Waals surface area (Å²) in [5.74, 6) is 0. The molecule has 0 bridgehead atoms. The third kappa shape index (κ3) is 4.96. The van der Waals surface area contributed by atoms with Crippen LogP contribution in [0.1, 0.15) is 6.42 Å². The zero-order valence-electron chi connectivity index (χ0n) is 2.62. The van der Waals surface area contributed by atoms with E-state index in [0.29, 0.717) is 0 Å². The molecular formula is C3H4Br2. The molecule has 0 aliphatic carbocycles. The van der Waals surface area contributed by atoms with E-state index in [-0.39, 0.29) is 0 Å². The highest BCUT2D eigenvalue weighted by atomic mass is 79.9. The van der Waals surface area contributed by atoms with Crippen molar-refractivity contribution in [2.75, 3.05) is 0 Å². The molecule has 0 aromatic carbocycles. The molecule has 0 aliphatic heterocycles. The van der Waals surface area contributed by atoms with Crippen LogP contribution in [0.2, 0.25) is 0 Å².